The highest BCUT2D eigenvalue weighted by Gasteiger charge is 2.33. The fourth-order valence-electron chi connectivity index (χ4n) is 5.36. The number of aromatic nitrogens is 5. The van der Waals surface area contributed by atoms with Crippen molar-refractivity contribution in [2.24, 2.45) is 0 Å². The van der Waals surface area contributed by atoms with Gasteiger partial charge in [-0.3, -0.25) is 9.48 Å². The van der Waals surface area contributed by atoms with Gasteiger partial charge in [-0.15, -0.1) is 0 Å². The summed E-state index contributed by atoms with van der Waals surface area (Å²) >= 11 is 0. The smallest absolute Gasteiger partial charge is 0.321 e. The van der Waals surface area contributed by atoms with E-state index < -0.39 is 17.1 Å². The number of anilines is 1. The quantitative estimate of drug-likeness (QED) is 0.254. The number of nitrogens with zero attached hydrogens (tertiary/aromatic N) is 5. The van der Waals surface area contributed by atoms with E-state index in [2.05, 4.69) is 10.4 Å². The second-order valence-corrected chi connectivity index (χ2v) is 11.9. The van der Waals surface area contributed by atoms with Crippen LogP contribution < -0.4 is 10.0 Å². The number of hydrogen-bond acceptors (Lipinski definition) is 6. The third kappa shape index (κ3) is 5.02. The van der Waals surface area contributed by atoms with Gasteiger partial charge in [0.1, 0.15) is 0 Å². The molecule has 2 fully saturated rings. The molecule has 39 heavy (non-hydrogen) atoms. The Balaban J connectivity index is 1.39. The molecule has 0 aliphatic heterocycles. The van der Waals surface area contributed by atoms with Crippen molar-refractivity contribution in [2.75, 3.05) is 5.32 Å². The first-order valence-electron chi connectivity index (χ1n) is 13.6. The van der Waals surface area contributed by atoms with Crippen molar-refractivity contribution in [2.45, 2.75) is 82.5 Å². The molecule has 0 unspecified atom stereocenters. The Morgan fingerprint density at radius 3 is 2.59 bits per heavy atom. The number of amides is 1. The van der Waals surface area contributed by atoms with Gasteiger partial charge in [0, 0.05) is 41.4 Å². The van der Waals surface area contributed by atoms with Gasteiger partial charge in [0.25, 0.3) is 5.69 Å². The minimum atomic E-state index is -1.09. The third-order valence-electron chi connectivity index (χ3n) is 8.03. The molecule has 0 saturated heterocycles. The average Bonchev–Trinajstić information content (AvgIpc) is 3.42. The van der Waals surface area contributed by atoms with Gasteiger partial charge in [0.05, 0.1) is 40.3 Å². The largest absolute Gasteiger partial charge is 0.618 e. The predicted molar refractivity (Wildman–Crippen MR) is 146 cm³/mol. The number of hydrogen-bond donors (Lipinski definition) is 3. The molecule has 2 saturated carbocycles. The van der Waals surface area contributed by atoms with Crippen molar-refractivity contribution in [1.82, 2.24) is 19.6 Å². The van der Waals surface area contributed by atoms with E-state index >= 15 is 0 Å². The van der Waals surface area contributed by atoms with E-state index in [-0.39, 0.29) is 17.7 Å². The molecular formula is C29H34N6O4. The average molecular weight is 531 g/mol. The maximum Gasteiger partial charge on any atom is 0.321 e. The van der Waals surface area contributed by atoms with Crippen LogP contribution in [0.5, 0.6) is 0 Å². The lowest BCUT2D eigenvalue weighted by Crippen LogP contribution is -2.40. The fourth-order valence-corrected chi connectivity index (χ4v) is 5.36. The van der Waals surface area contributed by atoms with Gasteiger partial charge in [-0.2, -0.15) is 14.9 Å². The molecule has 3 heterocycles. The first-order chi connectivity index (χ1) is 18.5. The number of aliphatic hydroxyl groups is 2. The number of fused-ring (bicyclic) bond motifs is 1. The normalized spacial score (nSPS) is 21.8. The van der Waals surface area contributed by atoms with Gasteiger partial charge >= 0.3 is 5.91 Å². The number of benzene rings is 1. The third-order valence-corrected chi connectivity index (χ3v) is 8.03. The van der Waals surface area contributed by atoms with Crippen LogP contribution in [0, 0.1) is 5.21 Å². The minimum Gasteiger partial charge on any atom is -0.618 e. The molecule has 1 amide bonds. The topological polar surface area (TPSA) is 132 Å². The summed E-state index contributed by atoms with van der Waals surface area (Å²) in [6.07, 6.45) is 10.3. The molecule has 2 aliphatic carbocycles. The Kier molecular flexibility index (Phi) is 6.00. The summed E-state index contributed by atoms with van der Waals surface area (Å²) in [6.45, 7) is 5.24. The van der Waals surface area contributed by atoms with Crippen molar-refractivity contribution < 1.29 is 19.7 Å². The minimum absolute atomic E-state index is 0.0352. The van der Waals surface area contributed by atoms with E-state index in [0.29, 0.717) is 35.5 Å². The zero-order valence-electron chi connectivity index (χ0n) is 22.5. The first kappa shape index (κ1) is 25.5. The van der Waals surface area contributed by atoms with Crippen molar-refractivity contribution in [3.05, 3.63) is 71.1 Å². The SMILES string of the molecule is CC1(O)CCC(n2cc3cc(NC(=O)c4cccc(C5CC5)[n+]4[O-])c(-n4cc(C(C)(C)O)cn4)cc3n2)CC1. The zero-order chi connectivity index (χ0) is 27.5. The predicted octanol–water partition coefficient (Wildman–Crippen LogP) is 4.08. The maximum atomic E-state index is 13.4. The molecule has 4 aromatic rings. The number of carbonyl (C=O) groups is 1. The van der Waals surface area contributed by atoms with Crippen LogP contribution in [0.2, 0.25) is 0 Å². The molecule has 6 rings (SSSR count). The molecule has 204 valence electrons. The Hall–Kier alpha value is -3.76. The molecular weight excluding hydrogens is 496 g/mol. The fraction of sp³-hybridized carbons (Fsp3) is 0.448. The molecule has 0 atom stereocenters. The summed E-state index contributed by atoms with van der Waals surface area (Å²) in [5, 5.41) is 46.9. The van der Waals surface area contributed by atoms with E-state index in [4.69, 9.17) is 5.10 Å². The zero-order valence-corrected chi connectivity index (χ0v) is 22.5. The van der Waals surface area contributed by atoms with E-state index in [9.17, 15) is 20.2 Å². The summed E-state index contributed by atoms with van der Waals surface area (Å²) in [6, 6.07) is 8.93. The number of rotatable bonds is 6. The van der Waals surface area contributed by atoms with E-state index in [1.54, 1.807) is 43.1 Å². The van der Waals surface area contributed by atoms with Crippen LogP contribution in [0.3, 0.4) is 0 Å². The lowest BCUT2D eigenvalue weighted by molar-refractivity contribution is -0.616. The van der Waals surface area contributed by atoms with Gasteiger partial charge in [-0.25, -0.2) is 4.68 Å². The standard InChI is InChI=1S/C29H34N6O4/c1-28(2,37)20-15-30-34(17-20)26-14-22-19(16-33(32-22)21-9-11-29(3,38)12-10-21)13-23(26)31-27(36)25-6-4-5-24(35(25)39)18-7-8-18/h4-6,13-18,21,37-38H,7-12H2,1-3H3,(H,31,36). The summed E-state index contributed by atoms with van der Waals surface area (Å²) in [4.78, 5) is 13.4. The lowest BCUT2D eigenvalue weighted by Gasteiger charge is -2.33. The summed E-state index contributed by atoms with van der Waals surface area (Å²) in [7, 11) is 0. The Labute approximate surface area is 226 Å². The maximum absolute atomic E-state index is 13.4. The van der Waals surface area contributed by atoms with Gasteiger partial charge in [-0.05, 0) is 77.5 Å². The van der Waals surface area contributed by atoms with Crippen LogP contribution in [-0.4, -0.2) is 41.3 Å². The number of pyridine rings is 1. The van der Waals surface area contributed by atoms with Crippen LogP contribution in [0.15, 0.2) is 48.9 Å². The van der Waals surface area contributed by atoms with E-state index in [1.807, 2.05) is 29.9 Å². The van der Waals surface area contributed by atoms with Crippen LogP contribution in [-0.2, 0) is 5.60 Å². The van der Waals surface area contributed by atoms with Crippen molar-refractivity contribution in [3.63, 3.8) is 0 Å². The molecule has 0 radical (unpaired) electrons. The molecule has 10 heteroatoms. The molecule has 10 nitrogen and oxygen atoms in total. The van der Waals surface area contributed by atoms with Gasteiger partial charge < -0.3 is 20.7 Å². The second kappa shape index (κ2) is 9.17. The van der Waals surface area contributed by atoms with Gasteiger partial charge in [0.15, 0.2) is 5.69 Å². The van der Waals surface area contributed by atoms with Crippen LogP contribution in [0.4, 0.5) is 5.69 Å². The highest BCUT2D eigenvalue weighted by molar-refractivity contribution is 6.04. The van der Waals surface area contributed by atoms with Gasteiger partial charge in [0.2, 0.25) is 0 Å². The number of carbonyl (C=O) groups excluding carboxylic acids is 1. The molecule has 3 N–H and O–H groups in total. The van der Waals surface area contributed by atoms with Crippen molar-refractivity contribution in [3.8, 4) is 5.69 Å². The molecule has 2 aliphatic rings. The Morgan fingerprint density at radius 1 is 1.18 bits per heavy atom. The first-order valence-corrected chi connectivity index (χ1v) is 13.6. The molecule has 3 aromatic heterocycles. The monoisotopic (exact) mass is 530 g/mol. The van der Waals surface area contributed by atoms with E-state index in [0.717, 1.165) is 41.3 Å². The molecule has 0 spiro atoms. The highest BCUT2D eigenvalue weighted by atomic mass is 16.5. The Bertz CT molecular complexity index is 1550. The summed E-state index contributed by atoms with van der Waals surface area (Å²) in [5.41, 5.74) is 1.32. The van der Waals surface area contributed by atoms with Crippen molar-refractivity contribution in [1.29, 1.82) is 0 Å². The lowest BCUT2D eigenvalue weighted by atomic mass is 9.84. The van der Waals surface area contributed by atoms with E-state index in [1.165, 1.54) is 6.07 Å². The summed E-state index contributed by atoms with van der Waals surface area (Å²) in [5.74, 6) is -0.300. The number of nitrogens with one attached hydrogen (secondary N) is 1. The van der Waals surface area contributed by atoms with Crippen LogP contribution >= 0.6 is 0 Å². The second-order valence-electron chi connectivity index (χ2n) is 11.9. The van der Waals surface area contributed by atoms with Crippen LogP contribution in [0.25, 0.3) is 16.6 Å². The molecule has 1 aromatic carbocycles. The molecule has 0 bridgehead atoms. The Morgan fingerprint density at radius 2 is 1.92 bits per heavy atom. The summed E-state index contributed by atoms with van der Waals surface area (Å²) < 4.78 is 4.29. The van der Waals surface area contributed by atoms with Gasteiger partial charge in [-0.1, -0.05) is 0 Å². The van der Waals surface area contributed by atoms with Crippen LogP contribution in [0.1, 0.15) is 93.0 Å². The van der Waals surface area contributed by atoms with Crippen molar-refractivity contribution >= 4 is 22.5 Å². The highest BCUT2D eigenvalue weighted by Crippen LogP contribution is 2.38.